The van der Waals surface area contributed by atoms with E-state index in [1.54, 1.807) is 29.2 Å². The van der Waals surface area contributed by atoms with E-state index in [9.17, 15) is 18.4 Å². The quantitative estimate of drug-likeness (QED) is 0.277. The standard InChI is InChI=1S/C24H20F2NO3P/c25-17-5-1-15(2-6-17)22(28)14-13-21-23(16-3-11-20(30-31)12-4-16)27(24(21)29)19-9-7-18(26)8-10-19/h1-12,21,23H,13-14,31H2/t21?,23-/m1/s1. The van der Waals surface area contributed by atoms with Gasteiger partial charge >= 0.3 is 0 Å². The molecule has 0 aliphatic carbocycles. The van der Waals surface area contributed by atoms with Crippen LogP contribution in [0.5, 0.6) is 5.75 Å². The average Bonchev–Trinajstić information content (AvgIpc) is 2.79. The van der Waals surface area contributed by atoms with Crippen LogP contribution in [0, 0.1) is 17.6 Å². The van der Waals surface area contributed by atoms with Crippen molar-refractivity contribution in [1.82, 2.24) is 0 Å². The molecule has 1 aliphatic heterocycles. The summed E-state index contributed by atoms with van der Waals surface area (Å²) in [5, 5.41) is 0. The Morgan fingerprint density at radius 1 is 0.903 bits per heavy atom. The number of β-lactam (4-membered cyclic amide) rings is 1. The third-order valence-corrected chi connectivity index (χ3v) is 5.80. The molecule has 1 heterocycles. The van der Waals surface area contributed by atoms with Crippen LogP contribution in [0.15, 0.2) is 72.8 Å². The van der Waals surface area contributed by atoms with Crippen molar-refractivity contribution in [2.45, 2.75) is 18.9 Å². The Morgan fingerprint density at radius 2 is 1.48 bits per heavy atom. The van der Waals surface area contributed by atoms with Crippen LogP contribution in [0.3, 0.4) is 0 Å². The van der Waals surface area contributed by atoms with Crippen molar-refractivity contribution >= 4 is 26.8 Å². The number of ketones is 1. The first-order valence-corrected chi connectivity index (χ1v) is 10.3. The number of Topliss-reactive ketones (excluding diaryl/α,β-unsaturated/α-hetero) is 1. The summed E-state index contributed by atoms with van der Waals surface area (Å²) >= 11 is 0. The van der Waals surface area contributed by atoms with Crippen LogP contribution in [0.25, 0.3) is 0 Å². The van der Waals surface area contributed by atoms with Crippen molar-refractivity contribution in [3.05, 3.63) is 95.6 Å². The Labute approximate surface area is 181 Å². The monoisotopic (exact) mass is 439 g/mol. The number of carbonyl (C=O) groups excluding carboxylic acids is 2. The lowest BCUT2D eigenvalue weighted by Crippen LogP contribution is -2.55. The van der Waals surface area contributed by atoms with Gasteiger partial charge in [0.15, 0.2) is 5.78 Å². The van der Waals surface area contributed by atoms with E-state index < -0.39 is 11.7 Å². The topological polar surface area (TPSA) is 46.6 Å². The minimum absolute atomic E-state index is 0.116. The highest BCUT2D eigenvalue weighted by atomic mass is 31.0. The van der Waals surface area contributed by atoms with Crippen molar-refractivity contribution in [3.8, 4) is 5.75 Å². The maximum absolute atomic E-state index is 13.4. The third-order valence-electron chi connectivity index (χ3n) is 5.53. The zero-order chi connectivity index (χ0) is 22.0. The predicted octanol–water partition coefficient (Wildman–Crippen LogP) is 5.50. The van der Waals surface area contributed by atoms with E-state index in [0.717, 1.165) is 5.56 Å². The molecule has 0 saturated carbocycles. The van der Waals surface area contributed by atoms with Gasteiger partial charge in [0.1, 0.15) is 17.4 Å². The van der Waals surface area contributed by atoms with Crippen LogP contribution in [-0.4, -0.2) is 11.7 Å². The number of rotatable bonds is 7. The zero-order valence-electron chi connectivity index (χ0n) is 16.5. The van der Waals surface area contributed by atoms with Gasteiger partial charge in [-0.1, -0.05) is 12.1 Å². The summed E-state index contributed by atoms with van der Waals surface area (Å²) in [6, 6.07) is 18.2. The summed E-state index contributed by atoms with van der Waals surface area (Å²) in [7, 11) is 2.18. The zero-order valence-corrected chi connectivity index (χ0v) is 17.7. The Bertz CT molecular complexity index is 1090. The smallest absolute Gasteiger partial charge is 0.233 e. The molecule has 3 aromatic rings. The number of halogens is 2. The molecule has 0 radical (unpaired) electrons. The molecule has 3 atom stereocenters. The number of hydrogen-bond donors (Lipinski definition) is 0. The fraction of sp³-hybridized carbons (Fsp3) is 0.167. The fourth-order valence-electron chi connectivity index (χ4n) is 3.91. The second-order valence-corrected chi connectivity index (χ2v) is 7.63. The van der Waals surface area contributed by atoms with Gasteiger partial charge in [-0.2, -0.15) is 0 Å². The van der Waals surface area contributed by atoms with E-state index >= 15 is 0 Å². The van der Waals surface area contributed by atoms with Gasteiger partial charge in [-0.3, -0.25) is 9.59 Å². The highest BCUT2D eigenvalue weighted by molar-refractivity contribution is 7.10. The van der Waals surface area contributed by atoms with Crippen molar-refractivity contribution in [3.63, 3.8) is 0 Å². The molecular formula is C24H20F2NO3P. The normalized spacial score (nSPS) is 17.9. The molecule has 1 fully saturated rings. The van der Waals surface area contributed by atoms with Gasteiger partial charge < -0.3 is 9.42 Å². The fourth-order valence-corrected chi connectivity index (χ4v) is 4.07. The lowest BCUT2D eigenvalue weighted by atomic mass is 9.78. The maximum atomic E-state index is 13.4. The Kier molecular flexibility index (Phi) is 6.10. The highest BCUT2D eigenvalue weighted by Gasteiger charge is 2.48. The van der Waals surface area contributed by atoms with E-state index in [1.807, 2.05) is 12.1 Å². The van der Waals surface area contributed by atoms with Gasteiger partial charge in [0.05, 0.1) is 21.4 Å². The van der Waals surface area contributed by atoms with Crippen LogP contribution in [-0.2, 0) is 4.79 Å². The summed E-state index contributed by atoms with van der Waals surface area (Å²) < 4.78 is 31.6. The molecule has 0 bridgehead atoms. The van der Waals surface area contributed by atoms with Crippen LogP contribution >= 0.6 is 9.47 Å². The van der Waals surface area contributed by atoms with Crippen molar-refractivity contribution in [2.24, 2.45) is 5.92 Å². The first-order valence-electron chi connectivity index (χ1n) is 9.82. The molecule has 3 aromatic carbocycles. The van der Waals surface area contributed by atoms with Crippen LogP contribution in [0.1, 0.15) is 34.8 Å². The van der Waals surface area contributed by atoms with E-state index in [-0.39, 0.29) is 30.0 Å². The molecule has 0 N–H and O–H groups in total. The number of anilines is 1. The summed E-state index contributed by atoms with van der Waals surface area (Å²) in [6.07, 6.45) is 0.530. The minimum Gasteiger partial charge on any atom is -0.480 e. The first kappa shape index (κ1) is 21.1. The minimum atomic E-state index is -0.404. The Balaban J connectivity index is 1.56. The molecule has 7 heteroatoms. The molecule has 1 amide bonds. The van der Waals surface area contributed by atoms with Crippen molar-refractivity contribution < 1.29 is 22.9 Å². The molecule has 31 heavy (non-hydrogen) atoms. The second kappa shape index (κ2) is 8.94. The Morgan fingerprint density at radius 3 is 2.06 bits per heavy atom. The molecule has 4 nitrogen and oxygen atoms in total. The van der Waals surface area contributed by atoms with E-state index in [4.69, 9.17) is 4.52 Å². The highest BCUT2D eigenvalue weighted by Crippen LogP contribution is 2.46. The first-order chi connectivity index (χ1) is 15.0. The van der Waals surface area contributed by atoms with Crippen molar-refractivity contribution in [2.75, 3.05) is 4.90 Å². The summed E-state index contributed by atoms with van der Waals surface area (Å²) in [5.74, 6) is -0.767. The molecule has 158 valence electrons. The maximum Gasteiger partial charge on any atom is 0.233 e. The van der Waals surface area contributed by atoms with Gasteiger partial charge in [-0.25, -0.2) is 8.78 Å². The molecule has 4 rings (SSSR count). The van der Waals surface area contributed by atoms with Gasteiger partial charge in [0, 0.05) is 17.7 Å². The summed E-state index contributed by atoms with van der Waals surface area (Å²) in [4.78, 5) is 27.1. The Hall–Kier alpha value is -3.11. The number of hydrogen-bond acceptors (Lipinski definition) is 3. The van der Waals surface area contributed by atoms with Crippen LogP contribution in [0.2, 0.25) is 0 Å². The lowest BCUT2D eigenvalue weighted by Gasteiger charge is -2.47. The molecular weight excluding hydrogens is 419 g/mol. The number of carbonyl (C=O) groups is 2. The SMILES string of the molecule is O=C(CCC1C(=O)N(c2ccc(F)cc2)[C@@H]1c1ccc(OP)cc1)c1ccc(F)cc1. The van der Waals surface area contributed by atoms with Gasteiger partial charge in [-0.05, 0) is 72.6 Å². The van der Waals surface area contributed by atoms with Crippen molar-refractivity contribution in [1.29, 1.82) is 0 Å². The molecule has 1 saturated heterocycles. The number of nitrogens with zero attached hydrogens (tertiary/aromatic N) is 1. The van der Waals surface area contributed by atoms with Crippen LogP contribution < -0.4 is 9.42 Å². The molecule has 0 spiro atoms. The summed E-state index contributed by atoms with van der Waals surface area (Å²) in [6.45, 7) is 0. The van der Waals surface area contributed by atoms with E-state index in [2.05, 4.69) is 9.47 Å². The molecule has 0 aromatic heterocycles. The van der Waals surface area contributed by atoms with E-state index in [0.29, 0.717) is 23.4 Å². The number of amides is 1. The second-order valence-electron chi connectivity index (χ2n) is 7.39. The lowest BCUT2D eigenvalue weighted by molar-refractivity contribution is -0.130. The predicted molar refractivity (Wildman–Crippen MR) is 117 cm³/mol. The molecule has 1 aliphatic rings. The summed E-state index contributed by atoms with van der Waals surface area (Å²) in [5.41, 5.74) is 1.92. The van der Waals surface area contributed by atoms with E-state index in [1.165, 1.54) is 36.4 Å². The third kappa shape index (κ3) is 4.35. The molecule has 2 unspecified atom stereocenters. The van der Waals surface area contributed by atoms with Crippen LogP contribution in [0.4, 0.5) is 14.5 Å². The van der Waals surface area contributed by atoms with Gasteiger partial charge in [0.25, 0.3) is 0 Å². The van der Waals surface area contributed by atoms with Gasteiger partial charge in [0.2, 0.25) is 5.91 Å². The number of benzene rings is 3. The average molecular weight is 439 g/mol. The van der Waals surface area contributed by atoms with Gasteiger partial charge in [-0.15, -0.1) is 0 Å². The largest absolute Gasteiger partial charge is 0.480 e.